The molecule has 1 aromatic rings. The zero-order chi connectivity index (χ0) is 13.3. The van der Waals surface area contributed by atoms with Crippen LogP contribution < -0.4 is 4.90 Å². The smallest absolute Gasteiger partial charge is 0.290 e. The maximum atomic E-state index is 13.9. The number of hydrogen-bond acceptors (Lipinski definition) is 4. The van der Waals surface area contributed by atoms with Crippen molar-refractivity contribution in [2.45, 2.75) is 0 Å². The molecule has 0 radical (unpaired) electrons. The lowest BCUT2D eigenvalue weighted by molar-refractivity contribution is -0.384. The van der Waals surface area contributed by atoms with Crippen molar-refractivity contribution in [2.75, 3.05) is 38.1 Å². The SMILES string of the molecule is CN1CCN(c2cc(Cl)c([N+](=O)[O-])cc2F)CC1. The van der Waals surface area contributed by atoms with Crippen LogP contribution in [0.15, 0.2) is 12.1 Å². The quantitative estimate of drug-likeness (QED) is 0.612. The van der Waals surface area contributed by atoms with Gasteiger partial charge in [0, 0.05) is 26.2 Å². The topological polar surface area (TPSA) is 49.6 Å². The molecule has 1 aliphatic rings. The van der Waals surface area contributed by atoms with Crippen molar-refractivity contribution in [3.8, 4) is 0 Å². The number of likely N-dealkylation sites (N-methyl/N-ethyl adjacent to an activating group) is 1. The highest BCUT2D eigenvalue weighted by Crippen LogP contribution is 2.32. The molecule has 0 amide bonds. The highest BCUT2D eigenvalue weighted by atomic mass is 35.5. The average molecular weight is 274 g/mol. The first-order valence-electron chi connectivity index (χ1n) is 5.56. The van der Waals surface area contributed by atoms with E-state index in [1.54, 1.807) is 0 Å². The maximum absolute atomic E-state index is 13.9. The third kappa shape index (κ3) is 2.54. The molecule has 1 aliphatic heterocycles. The van der Waals surface area contributed by atoms with Crippen LogP contribution >= 0.6 is 11.6 Å². The van der Waals surface area contributed by atoms with E-state index in [4.69, 9.17) is 11.6 Å². The van der Waals surface area contributed by atoms with E-state index in [1.807, 2.05) is 11.9 Å². The summed E-state index contributed by atoms with van der Waals surface area (Å²) in [5.74, 6) is -0.601. The molecule has 0 bridgehead atoms. The number of rotatable bonds is 2. The van der Waals surface area contributed by atoms with Crippen LogP contribution in [0.3, 0.4) is 0 Å². The molecule has 0 aromatic heterocycles. The summed E-state index contributed by atoms with van der Waals surface area (Å²) >= 11 is 5.80. The Kier molecular flexibility index (Phi) is 3.68. The van der Waals surface area contributed by atoms with Crippen LogP contribution in [0.25, 0.3) is 0 Å². The van der Waals surface area contributed by atoms with Crippen molar-refractivity contribution in [3.05, 3.63) is 33.1 Å². The number of benzene rings is 1. The second-order valence-electron chi connectivity index (χ2n) is 4.30. The molecule has 0 N–H and O–H groups in total. The minimum atomic E-state index is -0.681. The van der Waals surface area contributed by atoms with Crippen molar-refractivity contribution in [1.29, 1.82) is 0 Å². The summed E-state index contributed by atoms with van der Waals surface area (Å²) in [6, 6.07) is 2.22. The predicted molar refractivity (Wildman–Crippen MR) is 67.8 cm³/mol. The van der Waals surface area contributed by atoms with Crippen LogP contribution in [0.4, 0.5) is 15.8 Å². The van der Waals surface area contributed by atoms with E-state index in [1.165, 1.54) is 6.07 Å². The summed E-state index contributed by atoms with van der Waals surface area (Å²) in [5.41, 5.74) is -0.0641. The van der Waals surface area contributed by atoms with Crippen LogP contribution in [0.5, 0.6) is 0 Å². The van der Waals surface area contributed by atoms with Gasteiger partial charge in [-0.25, -0.2) is 4.39 Å². The van der Waals surface area contributed by atoms with E-state index in [0.29, 0.717) is 18.8 Å². The van der Waals surface area contributed by atoms with E-state index in [9.17, 15) is 14.5 Å². The van der Waals surface area contributed by atoms with E-state index >= 15 is 0 Å². The van der Waals surface area contributed by atoms with Crippen LogP contribution in [-0.2, 0) is 0 Å². The fourth-order valence-corrected chi connectivity index (χ4v) is 2.18. The summed E-state index contributed by atoms with van der Waals surface area (Å²) in [5, 5.41) is 10.6. The molecular weight excluding hydrogens is 261 g/mol. The van der Waals surface area contributed by atoms with Gasteiger partial charge in [-0.1, -0.05) is 11.6 Å². The fraction of sp³-hybridized carbons (Fsp3) is 0.455. The molecule has 0 atom stereocenters. The Morgan fingerprint density at radius 3 is 2.50 bits per heavy atom. The molecule has 18 heavy (non-hydrogen) atoms. The number of halogens is 2. The number of nitro benzene ring substituents is 1. The standard InChI is InChI=1S/C11H13ClFN3O2/c1-14-2-4-15(5-3-14)11-6-8(12)10(16(17)18)7-9(11)13/h6-7H,2-5H2,1H3. The second-order valence-corrected chi connectivity index (χ2v) is 4.71. The molecule has 0 saturated carbocycles. The normalized spacial score (nSPS) is 16.9. The molecule has 5 nitrogen and oxygen atoms in total. The Labute approximate surface area is 109 Å². The number of hydrogen-bond donors (Lipinski definition) is 0. The zero-order valence-corrected chi connectivity index (χ0v) is 10.7. The average Bonchev–Trinajstić information content (AvgIpc) is 2.32. The number of anilines is 1. The number of nitrogens with zero attached hydrogens (tertiary/aromatic N) is 3. The van der Waals surface area contributed by atoms with Gasteiger partial charge in [-0.3, -0.25) is 10.1 Å². The van der Waals surface area contributed by atoms with E-state index in [2.05, 4.69) is 4.90 Å². The molecule has 1 aromatic carbocycles. The van der Waals surface area contributed by atoms with Gasteiger partial charge in [0.15, 0.2) is 5.82 Å². The minimum Gasteiger partial charge on any atom is -0.367 e. The lowest BCUT2D eigenvalue weighted by atomic mass is 10.2. The van der Waals surface area contributed by atoms with Crippen LogP contribution in [0.2, 0.25) is 5.02 Å². The highest BCUT2D eigenvalue weighted by molar-refractivity contribution is 6.32. The largest absolute Gasteiger partial charge is 0.367 e. The summed E-state index contributed by atoms with van der Waals surface area (Å²) < 4.78 is 13.9. The van der Waals surface area contributed by atoms with Crippen LogP contribution in [-0.4, -0.2) is 43.0 Å². The van der Waals surface area contributed by atoms with Crippen molar-refractivity contribution < 1.29 is 9.31 Å². The molecule has 0 spiro atoms. The molecular formula is C11H13ClFN3O2. The summed E-state index contributed by atoms with van der Waals surface area (Å²) in [4.78, 5) is 13.9. The predicted octanol–water partition coefficient (Wildman–Crippen LogP) is 2.14. The minimum absolute atomic E-state index is 0.0321. The van der Waals surface area contributed by atoms with Gasteiger partial charge in [0.1, 0.15) is 5.02 Å². The molecule has 0 unspecified atom stereocenters. The summed E-state index contributed by atoms with van der Waals surface area (Å²) in [6.45, 7) is 3.02. The fourth-order valence-electron chi connectivity index (χ4n) is 1.96. The van der Waals surface area contributed by atoms with Crippen molar-refractivity contribution in [2.24, 2.45) is 0 Å². The van der Waals surface area contributed by atoms with Crippen molar-refractivity contribution in [1.82, 2.24) is 4.90 Å². The van der Waals surface area contributed by atoms with Crippen LogP contribution in [0, 0.1) is 15.9 Å². The van der Waals surface area contributed by atoms with Gasteiger partial charge in [0.2, 0.25) is 0 Å². The first-order valence-corrected chi connectivity index (χ1v) is 5.94. The molecule has 7 heteroatoms. The first-order chi connectivity index (χ1) is 8.49. The molecule has 98 valence electrons. The lowest BCUT2D eigenvalue weighted by Crippen LogP contribution is -2.44. The van der Waals surface area contributed by atoms with Gasteiger partial charge >= 0.3 is 0 Å². The molecule has 0 aliphatic carbocycles. The van der Waals surface area contributed by atoms with E-state index < -0.39 is 16.4 Å². The highest BCUT2D eigenvalue weighted by Gasteiger charge is 2.22. The maximum Gasteiger partial charge on any atom is 0.290 e. The van der Waals surface area contributed by atoms with Gasteiger partial charge in [0.05, 0.1) is 16.7 Å². The Morgan fingerprint density at radius 1 is 1.33 bits per heavy atom. The third-order valence-corrected chi connectivity index (χ3v) is 3.36. The summed E-state index contributed by atoms with van der Waals surface area (Å²) in [6.07, 6.45) is 0. The zero-order valence-electron chi connectivity index (χ0n) is 9.90. The van der Waals surface area contributed by atoms with Gasteiger partial charge in [-0.15, -0.1) is 0 Å². The molecule has 2 rings (SSSR count). The monoisotopic (exact) mass is 273 g/mol. The Hall–Kier alpha value is -1.40. The van der Waals surface area contributed by atoms with E-state index in [0.717, 1.165) is 19.2 Å². The van der Waals surface area contributed by atoms with Crippen LogP contribution in [0.1, 0.15) is 0 Å². The Bertz CT molecular complexity index is 476. The molecule has 1 heterocycles. The Morgan fingerprint density at radius 2 is 1.94 bits per heavy atom. The van der Waals surface area contributed by atoms with Crippen molar-refractivity contribution in [3.63, 3.8) is 0 Å². The lowest BCUT2D eigenvalue weighted by Gasteiger charge is -2.34. The number of piperazine rings is 1. The Balaban J connectivity index is 2.29. The summed E-state index contributed by atoms with van der Waals surface area (Å²) in [7, 11) is 2.00. The van der Waals surface area contributed by atoms with Gasteiger partial charge < -0.3 is 9.80 Å². The molecule has 1 saturated heterocycles. The van der Waals surface area contributed by atoms with E-state index in [-0.39, 0.29) is 5.02 Å². The molecule has 1 fully saturated rings. The first kappa shape index (κ1) is 13.0. The third-order valence-electron chi connectivity index (χ3n) is 3.06. The van der Waals surface area contributed by atoms with Crippen molar-refractivity contribution >= 4 is 23.0 Å². The van der Waals surface area contributed by atoms with Gasteiger partial charge in [-0.2, -0.15) is 0 Å². The van der Waals surface area contributed by atoms with Gasteiger partial charge in [-0.05, 0) is 13.1 Å². The second kappa shape index (κ2) is 5.07. The number of nitro groups is 1. The van der Waals surface area contributed by atoms with Gasteiger partial charge in [0.25, 0.3) is 5.69 Å².